The Morgan fingerprint density at radius 1 is 1.29 bits per heavy atom. The summed E-state index contributed by atoms with van der Waals surface area (Å²) < 4.78 is 13.2. The fourth-order valence-electron chi connectivity index (χ4n) is 1.96. The number of rotatable bonds is 4. The molecule has 0 aliphatic heterocycles. The number of anilines is 1. The van der Waals surface area contributed by atoms with Gasteiger partial charge in [-0.15, -0.1) is 0 Å². The molecule has 110 valence electrons. The second-order valence-electron chi connectivity index (χ2n) is 4.85. The summed E-state index contributed by atoms with van der Waals surface area (Å²) >= 11 is 0. The zero-order valence-corrected chi connectivity index (χ0v) is 11.6. The maximum atomic E-state index is 13.2. The molecule has 0 saturated carbocycles. The number of nitrogen functional groups attached to an aromatic ring is 1. The van der Waals surface area contributed by atoms with Crippen LogP contribution in [0, 0.1) is 12.7 Å². The van der Waals surface area contributed by atoms with Gasteiger partial charge in [-0.3, -0.25) is 4.79 Å². The maximum absolute atomic E-state index is 13.2. The van der Waals surface area contributed by atoms with Crippen molar-refractivity contribution in [2.24, 2.45) is 0 Å². The molecule has 0 heterocycles. The van der Waals surface area contributed by atoms with E-state index in [1.807, 2.05) is 0 Å². The second-order valence-corrected chi connectivity index (χ2v) is 4.85. The number of aliphatic hydroxyl groups is 1. The van der Waals surface area contributed by atoms with Crippen LogP contribution < -0.4 is 11.1 Å². The number of carbonyl (C=O) groups excluding carboxylic acids is 1. The third kappa shape index (κ3) is 3.79. The standard InChI is InChI=1S/C16H17FN2O2/c1-10-2-5-12(17)8-14(10)16(21)19-9-15(20)11-3-6-13(18)7-4-11/h2-8,15,20H,9,18H2,1H3,(H,19,21). The lowest BCUT2D eigenvalue weighted by molar-refractivity contribution is 0.0915. The van der Waals surface area contributed by atoms with E-state index in [1.54, 1.807) is 37.3 Å². The molecule has 2 aromatic rings. The van der Waals surface area contributed by atoms with Crippen molar-refractivity contribution in [3.8, 4) is 0 Å². The van der Waals surface area contributed by atoms with Gasteiger partial charge in [0, 0.05) is 17.8 Å². The van der Waals surface area contributed by atoms with Gasteiger partial charge in [-0.25, -0.2) is 4.39 Å². The van der Waals surface area contributed by atoms with E-state index in [4.69, 9.17) is 5.73 Å². The van der Waals surface area contributed by atoms with Crippen molar-refractivity contribution in [3.63, 3.8) is 0 Å². The molecule has 0 aromatic heterocycles. The van der Waals surface area contributed by atoms with E-state index in [-0.39, 0.29) is 12.1 Å². The normalized spacial score (nSPS) is 12.0. The molecule has 0 saturated heterocycles. The van der Waals surface area contributed by atoms with Gasteiger partial charge in [-0.2, -0.15) is 0 Å². The number of carbonyl (C=O) groups is 1. The molecule has 5 heteroatoms. The van der Waals surface area contributed by atoms with Crippen molar-refractivity contribution in [2.75, 3.05) is 12.3 Å². The molecular formula is C16H17FN2O2. The van der Waals surface area contributed by atoms with Crippen LogP contribution in [0.1, 0.15) is 27.6 Å². The monoisotopic (exact) mass is 288 g/mol. The molecule has 1 atom stereocenters. The number of benzene rings is 2. The number of hydrogen-bond donors (Lipinski definition) is 3. The number of amides is 1. The molecule has 0 aliphatic carbocycles. The van der Waals surface area contributed by atoms with Crippen LogP contribution in [0.3, 0.4) is 0 Å². The highest BCUT2D eigenvalue weighted by molar-refractivity contribution is 5.95. The largest absolute Gasteiger partial charge is 0.399 e. The van der Waals surface area contributed by atoms with Crippen molar-refractivity contribution < 1.29 is 14.3 Å². The molecule has 21 heavy (non-hydrogen) atoms. The van der Waals surface area contributed by atoms with E-state index in [2.05, 4.69) is 5.32 Å². The zero-order valence-electron chi connectivity index (χ0n) is 11.6. The predicted octanol–water partition coefficient (Wildman–Crippen LogP) is 2.18. The molecular weight excluding hydrogens is 271 g/mol. The van der Waals surface area contributed by atoms with Crippen LogP contribution in [-0.2, 0) is 0 Å². The molecule has 0 spiro atoms. The summed E-state index contributed by atoms with van der Waals surface area (Å²) in [6.45, 7) is 1.77. The molecule has 1 unspecified atom stereocenters. The molecule has 2 aromatic carbocycles. The molecule has 0 aliphatic rings. The average Bonchev–Trinajstić information content (AvgIpc) is 2.47. The van der Waals surface area contributed by atoms with Crippen LogP contribution in [0.5, 0.6) is 0 Å². The molecule has 4 N–H and O–H groups in total. The van der Waals surface area contributed by atoms with Crippen molar-refractivity contribution in [1.82, 2.24) is 5.32 Å². The highest BCUT2D eigenvalue weighted by atomic mass is 19.1. The quantitative estimate of drug-likeness (QED) is 0.755. The van der Waals surface area contributed by atoms with Crippen LogP contribution in [0.25, 0.3) is 0 Å². The van der Waals surface area contributed by atoms with Gasteiger partial charge in [0.05, 0.1) is 6.10 Å². The lowest BCUT2D eigenvalue weighted by Gasteiger charge is -2.13. The Bertz CT molecular complexity index is 641. The summed E-state index contributed by atoms with van der Waals surface area (Å²) in [5.74, 6) is -0.883. The Labute approximate surface area is 122 Å². The summed E-state index contributed by atoms with van der Waals surface area (Å²) in [5.41, 5.74) is 7.76. The number of aryl methyl sites for hydroxylation is 1. The summed E-state index contributed by atoms with van der Waals surface area (Å²) in [6, 6.07) is 10.8. The smallest absolute Gasteiger partial charge is 0.251 e. The van der Waals surface area contributed by atoms with Gasteiger partial charge >= 0.3 is 0 Å². The topological polar surface area (TPSA) is 75.3 Å². The van der Waals surface area contributed by atoms with E-state index in [0.717, 1.165) is 0 Å². The van der Waals surface area contributed by atoms with E-state index in [0.29, 0.717) is 16.8 Å². The lowest BCUT2D eigenvalue weighted by Crippen LogP contribution is -2.29. The molecule has 0 radical (unpaired) electrons. The Hall–Kier alpha value is -2.40. The molecule has 1 amide bonds. The van der Waals surface area contributed by atoms with Crippen molar-refractivity contribution >= 4 is 11.6 Å². The molecule has 2 rings (SSSR count). The van der Waals surface area contributed by atoms with Crippen molar-refractivity contribution in [3.05, 3.63) is 65.0 Å². The maximum Gasteiger partial charge on any atom is 0.251 e. The first-order valence-electron chi connectivity index (χ1n) is 6.55. The van der Waals surface area contributed by atoms with Crippen molar-refractivity contribution in [2.45, 2.75) is 13.0 Å². The summed E-state index contributed by atoms with van der Waals surface area (Å²) in [4.78, 5) is 12.0. The molecule has 0 fully saturated rings. The zero-order chi connectivity index (χ0) is 15.4. The first kappa shape index (κ1) is 15.0. The number of nitrogens with two attached hydrogens (primary N) is 1. The minimum absolute atomic E-state index is 0.0404. The number of aliphatic hydroxyl groups excluding tert-OH is 1. The van der Waals surface area contributed by atoms with Crippen molar-refractivity contribution in [1.29, 1.82) is 0 Å². The molecule has 0 bridgehead atoms. The van der Waals surface area contributed by atoms with Gasteiger partial charge in [0.2, 0.25) is 0 Å². The van der Waals surface area contributed by atoms with Gasteiger partial charge in [0.15, 0.2) is 0 Å². The van der Waals surface area contributed by atoms with E-state index < -0.39 is 17.8 Å². The first-order valence-corrected chi connectivity index (χ1v) is 6.55. The Morgan fingerprint density at radius 2 is 1.95 bits per heavy atom. The second kappa shape index (κ2) is 6.37. The van der Waals surface area contributed by atoms with Crippen LogP contribution in [0.4, 0.5) is 10.1 Å². The predicted molar refractivity (Wildman–Crippen MR) is 79.3 cm³/mol. The Balaban J connectivity index is 2.00. The van der Waals surface area contributed by atoms with Crippen LogP contribution in [-0.4, -0.2) is 17.6 Å². The van der Waals surface area contributed by atoms with E-state index >= 15 is 0 Å². The van der Waals surface area contributed by atoms with Gasteiger partial charge in [-0.05, 0) is 42.3 Å². The minimum Gasteiger partial charge on any atom is -0.399 e. The summed E-state index contributed by atoms with van der Waals surface area (Å²) in [5, 5.41) is 12.6. The Kier molecular flexibility index (Phi) is 4.55. The number of nitrogens with one attached hydrogen (secondary N) is 1. The average molecular weight is 288 g/mol. The Morgan fingerprint density at radius 3 is 2.62 bits per heavy atom. The first-order chi connectivity index (χ1) is 9.97. The lowest BCUT2D eigenvalue weighted by atomic mass is 10.1. The number of halogens is 1. The van der Waals surface area contributed by atoms with Crippen LogP contribution in [0.2, 0.25) is 0 Å². The van der Waals surface area contributed by atoms with Gasteiger partial charge in [-0.1, -0.05) is 18.2 Å². The van der Waals surface area contributed by atoms with E-state index in [9.17, 15) is 14.3 Å². The number of hydrogen-bond acceptors (Lipinski definition) is 3. The van der Waals surface area contributed by atoms with Crippen LogP contribution >= 0.6 is 0 Å². The fraction of sp³-hybridized carbons (Fsp3) is 0.188. The highest BCUT2D eigenvalue weighted by Gasteiger charge is 2.13. The van der Waals surface area contributed by atoms with Gasteiger partial charge in [0.1, 0.15) is 5.82 Å². The minimum atomic E-state index is -0.844. The SMILES string of the molecule is Cc1ccc(F)cc1C(=O)NCC(O)c1ccc(N)cc1. The van der Waals surface area contributed by atoms with E-state index in [1.165, 1.54) is 12.1 Å². The van der Waals surface area contributed by atoms with Gasteiger partial charge in [0.25, 0.3) is 5.91 Å². The van der Waals surface area contributed by atoms with Gasteiger partial charge < -0.3 is 16.2 Å². The highest BCUT2D eigenvalue weighted by Crippen LogP contribution is 2.15. The third-order valence-corrected chi connectivity index (χ3v) is 3.22. The fourth-order valence-corrected chi connectivity index (χ4v) is 1.96. The third-order valence-electron chi connectivity index (χ3n) is 3.22. The van der Waals surface area contributed by atoms with Crippen LogP contribution in [0.15, 0.2) is 42.5 Å². The summed E-state index contributed by atoms with van der Waals surface area (Å²) in [6.07, 6.45) is -0.844. The summed E-state index contributed by atoms with van der Waals surface area (Å²) in [7, 11) is 0. The molecule has 4 nitrogen and oxygen atoms in total.